The van der Waals surface area contributed by atoms with Crippen LogP contribution < -0.4 is 15.4 Å². The number of rotatable bonds is 8. The largest absolute Gasteiger partial charge is 0.497 e. The van der Waals surface area contributed by atoms with E-state index in [0.29, 0.717) is 38.6 Å². The van der Waals surface area contributed by atoms with Gasteiger partial charge in [0.15, 0.2) is 5.96 Å². The standard InChI is InChI=1S/C20H32F3N5O.HI/c1-5-24-19(26-16-9-10-28(13-16)14-20(21,22)23)25-12-18(27(2)3)15-7-6-8-17(11-15)29-4;/h6-8,11,16,18H,5,9-10,12-14H2,1-4H3,(H2,24,25,26);1H. The molecule has 0 aliphatic carbocycles. The first-order valence-corrected chi connectivity index (χ1v) is 9.86. The van der Waals surface area contributed by atoms with Crippen LogP contribution in [0.25, 0.3) is 0 Å². The van der Waals surface area contributed by atoms with Gasteiger partial charge in [-0.1, -0.05) is 12.1 Å². The molecule has 2 atom stereocenters. The van der Waals surface area contributed by atoms with Crippen LogP contribution in [0.3, 0.4) is 0 Å². The number of methoxy groups -OCH3 is 1. The zero-order valence-corrected chi connectivity index (χ0v) is 20.3. The molecular formula is C20H33F3IN5O. The topological polar surface area (TPSA) is 52.1 Å². The third kappa shape index (κ3) is 8.84. The van der Waals surface area contributed by atoms with Crippen LogP contribution in [0, 0.1) is 0 Å². The Bertz CT molecular complexity index is 672. The lowest BCUT2D eigenvalue weighted by molar-refractivity contribution is -0.143. The van der Waals surface area contributed by atoms with Gasteiger partial charge in [-0.2, -0.15) is 13.2 Å². The maximum absolute atomic E-state index is 12.6. The number of hydrogen-bond acceptors (Lipinski definition) is 4. The second-order valence-corrected chi connectivity index (χ2v) is 7.46. The van der Waals surface area contributed by atoms with Crippen LogP contribution in [-0.2, 0) is 0 Å². The van der Waals surface area contributed by atoms with Gasteiger partial charge in [-0.15, -0.1) is 24.0 Å². The molecule has 1 aliphatic rings. The fourth-order valence-electron chi connectivity index (χ4n) is 3.45. The number of likely N-dealkylation sites (N-methyl/N-ethyl adjacent to an activating group) is 1. The van der Waals surface area contributed by atoms with Crippen molar-refractivity contribution in [3.05, 3.63) is 29.8 Å². The van der Waals surface area contributed by atoms with Crippen LogP contribution in [0.1, 0.15) is 24.9 Å². The molecule has 172 valence electrons. The van der Waals surface area contributed by atoms with Gasteiger partial charge in [0.25, 0.3) is 0 Å². The molecule has 2 unspecified atom stereocenters. The molecule has 0 saturated carbocycles. The zero-order chi connectivity index (χ0) is 21.4. The summed E-state index contributed by atoms with van der Waals surface area (Å²) in [5, 5.41) is 6.48. The molecule has 2 N–H and O–H groups in total. The van der Waals surface area contributed by atoms with Crippen molar-refractivity contribution in [2.75, 3.05) is 53.9 Å². The van der Waals surface area contributed by atoms with Crippen molar-refractivity contribution in [3.63, 3.8) is 0 Å². The number of hydrogen-bond donors (Lipinski definition) is 2. The van der Waals surface area contributed by atoms with E-state index in [1.165, 1.54) is 4.90 Å². The number of aliphatic imine (C=N–C) groups is 1. The quantitative estimate of drug-likeness (QED) is 0.300. The highest BCUT2D eigenvalue weighted by Crippen LogP contribution is 2.23. The predicted molar refractivity (Wildman–Crippen MR) is 125 cm³/mol. The van der Waals surface area contributed by atoms with Crippen LogP contribution >= 0.6 is 24.0 Å². The highest BCUT2D eigenvalue weighted by Gasteiger charge is 2.34. The van der Waals surface area contributed by atoms with Crippen molar-refractivity contribution >= 4 is 29.9 Å². The van der Waals surface area contributed by atoms with Crippen molar-refractivity contribution < 1.29 is 17.9 Å². The Morgan fingerprint density at radius 1 is 1.37 bits per heavy atom. The monoisotopic (exact) mass is 543 g/mol. The van der Waals surface area contributed by atoms with Crippen molar-refractivity contribution in [3.8, 4) is 5.75 Å². The van der Waals surface area contributed by atoms with Crippen molar-refractivity contribution in [2.45, 2.75) is 31.6 Å². The number of likely N-dealkylation sites (tertiary alicyclic amines) is 1. The number of nitrogens with one attached hydrogen (secondary N) is 2. The molecule has 1 aromatic rings. The van der Waals surface area contributed by atoms with Crippen LogP contribution in [0.15, 0.2) is 29.3 Å². The van der Waals surface area contributed by atoms with Crippen molar-refractivity contribution in [1.82, 2.24) is 20.4 Å². The number of alkyl halides is 3. The van der Waals surface area contributed by atoms with E-state index >= 15 is 0 Å². The SMILES string of the molecule is CCNC(=NCC(c1cccc(OC)c1)N(C)C)NC1CCN(CC(F)(F)F)C1.I. The third-order valence-corrected chi connectivity index (χ3v) is 4.88. The first-order chi connectivity index (χ1) is 13.7. The van der Waals surface area contributed by atoms with Crippen molar-refractivity contribution in [2.24, 2.45) is 4.99 Å². The van der Waals surface area contributed by atoms with E-state index in [-0.39, 0.29) is 36.1 Å². The average Bonchev–Trinajstić information content (AvgIpc) is 3.06. The van der Waals surface area contributed by atoms with Gasteiger partial charge >= 0.3 is 6.18 Å². The number of ether oxygens (including phenoxy) is 1. The Hall–Kier alpha value is -1.27. The van der Waals surface area contributed by atoms with Gasteiger partial charge in [0.1, 0.15) is 5.75 Å². The Morgan fingerprint density at radius 2 is 2.10 bits per heavy atom. The third-order valence-electron chi connectivity index (χ3n) is 4.88. The van der Waals surface area contributed by atoms with Gasteiger partial charge in [0, 0.05) is 25.7 Å². The molecule has 1 fully saturated rings. The fraction of sp³-hybridized carbons (Fsp3) is 0.650. The van der Waals surface area contributed by atoms with Gasteiger partial charge in [-0.25, -0.2) is 0 Å². The van der Waals surface area contributed by atoms with Gasteiger partial charge in [-0.05, 0) is 45.1 Å². The average molecular weight is 543 g/mol. The summed E-state index contributed by atoms with van der Waals surface area (Å²) < 4.78 is 43.1. The summed E-state index contributed by atoms with van der Waals surface area (Å²) in [6.07, 6.45) is -3.50. The maximum atomic E-state index is 12.6. The lowest BCUT2D eigenvalue weighted by Crippen LogP contribution is -2.45. The normalized spacial score (nSPS) is 18.8. The zero-order valence-electron chi connectivity index (χ0n) is 18.0. The molecule has 0 bridgehead atoms. The summed E-state index contributed by atoms with van der Waals surface area (Å²) >= 11 is 0. The molecule has 10 heteroatoms. The molecule has 1 saturated heterocycles. The summed E-state index contributed by atoms with van der Waals surface area (Å²) in [5.74, 6) is 1.42. The van der Waals surface area contributed by atoms with Crippen LogP contribution in [0.5, 0.6) is 5.75 Å². The van der Waals surface area contributed by atoms with Gasteiger partial charge in [0.05, 0.1) is 26.2 Å². The summed E-state index contributed by atoms with van der Waals surface area (Å²) in [5.41, 5.74) is 1.09. The molecule has 0 spiro atoms. The van der Waals surface area contributed by atoms with E-state index in [2.05, 4.69) is 15.5 Å². The smallest absolute Gasteiger partial charge is 0.401 e. The molecular weight excluding hydrogens is 510 g/mol. The predicted octanol–water partition coefficient (Wildman–Crippen LogP) is 3.11. The van der Waals surface area contributed by atoms with Crippen LogP contribution in [0.4, 0.5) is 13.2 Å². The fourth-order valence-corrected chi connectivity index (χ4v) is 3.45. The minimum atomic E-state index is -4.16. The molecule has 6 nitrogen and oxygen atoms in total. The maximum Gasteiger partial charge on any atom is 0.401 e. The first-order valence-electron chi connectivity index (χ1n) is 9.86. The van der Waals surface area contributed by atoms with Crippen LogP contribution in [-0.4, -0.2) is 81.9 Å². The van der Waals surface area contributed by atoms with E-state index in [9.17, 15) is 13.2 Å². The molecule has 30 heavy (non-hydrogen) atoms. The van der Waals surface area contributed by atoms with E-state index < -0.39 is 12.7 Å². The van der Waals surface area contributed by atoms with Gasteiger partial charge in [-0.3, -0.25) is 9.89 Å². The second-order valence-electron chi connectivity index (χ2n) is 7.46. The second kappa shape index (κ2) is 12.6. The summed E-state index contributed by atoms with van der Waals surface area (Å²) in [4.78, 5) is 8.22. The number of nitrogens with zero attached hydrogens (tertiary/aromatic N) is 3. The Morgan fingerprint density at radius 3 is 2.70 bits per heavy atom. The van der Waals surface area contributed by atoms with E-state index in [1.54, 1.807) is 7.11 Å². The number of benzene rings is 1. The molecule has 1 aromatic carbocycles. The summed E-state index contributed by atoms with van der Waals surface area (Å²) in [7, 11) is 5.62. The lowest BCUT2D eigenvalue weighted by atomic mass is 10.1. The summed E-state index contributed by atoms with van der Waals surface area (Å²) in [6, 6.07) is 7.88. The van der Waals surface area contributed by atoms with E-state index in [1.807, 2.05) is 45.3 Å². The minimum Gasteiger partial charge on any atom is -0.497 e. The highest BCUT2D eigenvalue weighted by atomic mass is 127. The van der Waals surface area contributed by atoms with Crippen molar-refractivity contribution in [1.29, 1.82) is 0 Å². The molecule has 0 aromatic heterocycles. The number of halogens is 4. The number of guanidine groups is 1. The summed E-state index contributed by atoms with van der Waals surface area (Å²) in [6.45, 7) is 3.08. The molecule has 1 aliphatic heterocycles. The molecule has 2 rings (SSSR count). The lowest BCUT2D eigenvalue weighted by Gasteiger charge is -2.25. The highest BCUT2D eigenvalue weighted by molar-refractivity contribution is 14.0. The van der Waals surface area contributed by atoms with Crippen LogP contribution in [0.2, 0.25) is 0 Å². The molecule has 0 radical (unpaired) electrons. The van der Waals surface area contributed by atoms with Gasteiger partial charge < -0.3 is 20.3 Å². The van der Waals surface area contributed by atoms with Gasteiger partial charge in [0.2, 0.25) is 0 Å². The Labute approximate surface area is 194 Å². The Balaban J connectivity index is 0.00000450. The van der Waals surface area contributed by atoms with E-state index in [4.69, 9.17) is 9.73 Å². The minimum absolute atomic E-state index is 0. The molecule has 0 amide bonds. The Kier molecular flexibility index (Phi) is 11.2. The van der Waals surface area contributed by atoms with E-state index in [0.717, 1.165) is 11.3 Å². The first kappa shape index (κ1) is 26.8. The molecule has 1 heterocycles.